The number of ether oxygens (including phenoxy) is 1. The van der Waals surface area contributed by atoms with Gasteiger partial charge >= 0.3 is 0 Å². The van der Waals surface area contributed by atoms with Crippen LogP contribution in [0.4, 0.5) is 5.82 Å². The van der Waals surface area contributed by atoms with E-state index in [1.807, 2.05) is 6.92 Å². The van der Waals surface area contributed by atoms with E-state index < -0.39 is 0 Å². The Morgan fingerprint density at radius 3 is 3.00 bits per heavy atom. The Balaban J connectivity index is 2.38. The molecule has 0 spiro atoms. The summed E-state index contributed by atoms with van der Waals surface area (Å²) in [5.74, 6) is 1.20. The molecule has 5 heteroatoms. The van der Waals surface area contributed by atoms with E-state index in [2.05, 4.69) is 9.97 Å². The van der Waals surface area contributed by atoms with E-state index in [1.54, 1.807) is 0 Å². The van der Waals surface area contributed by atoms with Crippen molar-refractivity contribution in [1.82, 2.24) is 9.97 Å². The van der Waals surface area contributed by atoms with Crippen LogP contribution in [0.5, 0.6) is 0 Å². The Bertz CT molecular complexity index is 408. The van der Waals surface area contributed by atoms with Crippen molar-refractivity contribution in [2.45, 2.75) is 25.7 Å². The number of aromatic amines is 1. The molecule has 1 aliphatic heterocycles. The lowest BCUT2D eigenvalue weighted by atomic mass is 10.1. The molecule has 1 aromatic heterocycles. The van der Waals surface area contributed by atoms with Crippen LogP contribution in [0.15, 0.2) is 4.79 Å². The Labute approximate surface area is 87.7 Å². The lowest BCUT2D eigenvalue weighted by Crippen LogP contribution is -2.21. The Morgan fingerprint density at radius 1 is 1.67 bits per heavy atom. The van der Waals surface area contributed by atoms with Crippen LogP contribution >= 0.6 is 0 Å². The van der Waals surface area contributed by atoms with E-state index in [9.17, 15) is 4.79 Å². The van der Waals surface area contributed by atoms with Gasteiger partial charge in [-0.2, -0.15) is 0 Å². The van der Waals surface area contributed by atoms with Crippen molar-refractivity contribution in [1.29, 1.82) is 0 Å². The van der Waals surface area contributed by atoms with Crippen LogP contribution in [0.25, 0.3) is 0 Å². The van der Waals surface area contributed by atoms with Gasteiger partial charge in [-0.3, -0.25) is 4.79 Å². The molecule has 0 saturated carbocycles. The average molecular weight is 209 g/mol. The highest BCUT2D eigenvalue weighted by Crippen LogP contribution is 2.22. The number of rotatable bonds is 2. The molecule has 2 heterocycles. The van der Waals surface area contributed by atoms with Crippen LogP contribution in [0, 0.1) is 0 Å². The van der Waals surface area contributed by atoms with Crippen LogP contribution < -0.4 is 11.3 Å². The molecule has 0 bridgehead atoms. The number of anilines is 1. The van der Waals surface area contributed by atoms with Crippen molar-refractivity contribution in [3.63, 3.8) is 0 Å². The van der Waals surface area contributed by atoms with Gasteiger partial charge < -0.3 is 15.5 Å². The first-order chi connectivity index (χ1) is 7.22. The maximum Gasteiger partial charge on any atom is 0.256 e. The molecule has 2 rings (SSSR count). The summed E-state index contributed by atoms with van der Waals surface area (Å²) < 4.78 is 5.24. The Kier molecular flexibility index (Phi) is 2.73. The fraction of sp³-hybridized carbons (Fsp3) is 0.600. The summed E-state index contributed by atoms with van der Waals surface area (Å²) in [4.78, 5) is 18.6. The number of aromatic nitrogens is 2. The van der Waals surface area contributed by atoms with Crippen molar-refractivity contribution < 1.29 is 4.74 Å². The predicted octanol–water partition coefficient (Wildman–Crippen LogP) is 0.418. The topological polar surface area (TPSA) is 81.0 Å². The van der Waals surface area contributed by atoms with Crippen molar-refractivity contribution in [2.75, 3.05) is 18.9 Å². The van der Waals surface area contributed by atoms with Crippen molar-refractivity contribution in [2.24, 2.45) is 0 Å². The second-order valence-corrected chi connectivity index (χ2v) is 3.73. The monoisotopic (exact) mass is 209 g/mol. The maximum absolute atomic E-state index is 11.6. The minimum absolute atomic E-state index is 0.119. The standard InChI is InChI=1S/C10H15N3O2/c1-2-7-8(11)12-9(13-10(7)14)6-3-4-15-5-6/h6H,2-5H2,1H3,(H3,11,12,13,14). The third kappa shape index (κ3) is 1.87. The molecule has 0 amide bonds. The quantitative estimate of drug-likeness (QED) is 0.739. The number of nitrogen functional groups attached to an aromatic ring is 1. The van der Waals surface area contributed by atoms with Gasteiger partial charge in [0.2, 0.25) is 0 Å². The maximum atomic E-state index is 11.6. The van der Waals surface area contributed by atoms with Crippen LogP contribution in [-0.2, 0) is 11.2 Å². The first-order valence-corrected chi connectivity index (χ1v) is 5.18. The molecule has 1 aromatic rings. The summed E-state index contributed by atoms with van der Waals surface area (Å²) in [5, 5.41) is 0. The summed E-state index contributed by atoms with van der Waals surface area (Å²) in [6, 6.07) is 0. The zero-order valence-electron chi connectivity index (χ0n) is 8.75. The summed E-state index contributed by atoms with van der Waals surface area (Å²) in [6.45, 7) is 3.23. The summed E-state index contributed by atoms with van der Waals surface area (Å²) in [7, 11) is 0. The van der Waals surface area contributed by atoms with Gasteiger partial charge in [-0.15, -0.1) is 0 Å². The number of hydrogen-bond acceptors (Lipinski definition) is 4. The lowest BCUT2D eigenvalue weighted by Gasteiger charge is -2.09. The molecule has 1 atom stereocenters. The number of nitrogens with two attached hydrogens (primary N) is 1. The molecule has 1 fully saturated rings. The highest BCUT2D eigenvalue weighted by molar-refractivity contribution is 5.37. The van der Waals surface area contributed by atoms with Crippen LogP contribution in [0.3, 0.4) is 0 Å². The van der Waals surface area contributed by atoms with Gasteiger partial charge in [0, 0.05) is 12.5 Å². The number of H-pyrrole nitrogens is 1. The van der Waals surface area contributed by atoms with E-state index in [-0.39, 0.29) is 11.5 Å². The van der Waals surface area contributed by atoms with Crippen LogP contribution in [-0.4, -0.2) is 23.2 Å². The summed E-state index contributed by atoms with van der Waals surface area (Å²) in [6.07, 6.45) is 1.50. The van der Waals surface area contributed by atoms with E-state index >= 15 is 0 Å². The first-order valence-electron chi connectivity index (χ1n) is 5.18. The van der Waals surface area contributed by atoms with E-state index in [0.29, 0.717) is 30.2 Å². The molecule has 0 radical (unpaired) electrons. The van der Waals surface area contributed by atoms with Gasteiger partial charge in [-0.25, -0.2) is 4.98 Å². The van der Waals surface area contributed by atoms with Crippen molar-refractivity contribution in [3.05, 3.63) is 21.7 Å². The van der Waals surface area contributed by atoms with E-state index in [1.165, 1.54) is 0 Å². The third-order valence-electron chi connectivity index (χ3n) is 2.74. The largest absolute Gasteiger partial charge is 0.383 e. The van der Waals surface area contributed by atoms with Crippen molar-refractivity contribution >= 4 is 5.82 Å². The summed E-state index contributed by atoms with van der Waals surface area (Å²) in [5.41, 5.74) is 6.18. The molecule has 0 aromatic carbocycles. The van der Waals surface area contributed by atoms with Gasteiger partial charge in [0.15, 0.2) is 0 Å². The zero-order chi connectivity index (χ0) is 10.8. The molecule has 3 N–H and O–H groups in total. The molecular formula is C10H15N3O2. The van der Waals surface area contributed by atoms with Gasteiger partial charge in [0.1, 0.15) is 11.6 Å². The van der Waals surface area contributed by atoms with E-state index in [4.69, 9.17) is 10.5 Å². The molecule has 5 nitrogen and oxygen atoms in total. The SMILES string of the molecule is CCc1c(N)nc(C2CCOC2)[nH]c1=O. The molecule has 1 saturated heterocycles. The van der Waals surface area contributed by atoms with E-state index in [0.717, 1.165) is 13.0 Å². The number of nitrogens with zero attached hydrogens (tertiary/aromatic N) is 1. The molecule has 1 aliphatic rings. The van der Waals surface area contributed by atoms with Gasteiger partial charge in [0.05, 0.1) is 12.2 Å². The second-order valence-electron chi connectivity index (χ2n) is 3.73. The second kappa shape index (κ2) is 4.02. The normalized spacial score (nSPS) is 20.7. The molecule has 1 unspecified atom stereocenters. The molecule has 15 heavy (non-hydrogen) atoms. The summed E-state index contributed by atoms with van der Waals surface area (Å²) >= 11 is 0. The minimum atomic E-state index is -0.119. The predicted molar refractivity (Wildman–Crippen MR) is 56.8 cm³/mol. The molecule has 0 aliphatic carbocycles. The molecule has 82 valence electrons. The van der Waals surface area contributed by atoms with Gasteiger partial charge in [-0.1, -0.05) is 6.92 Å². The fourth-order valence-corrected chi connectivity index (χ4v) is 1.82. The average Bonchev–Trinajstić information content (AvgIpc) is 2.69. The van der Waals surface area contributed by atoms with Gasteiger partial charge in [0.25, 0.3) is 5.56 Å². The lowest BCUT2D eigenvalue weighted by molar-refractivity contribution is 0.193. The van der Waals surface area contributed by atoms with Gasteiger partial charge in [-0.05, 0) is 12.8 Å². The third-order valence-corrected chi connectivity index (χ3v) is 2.74. The van der Waals surface area contributed by atoms with Crippen LogP contribution in [0.2, 0.25) is 0 Å². The number of hydrogen-bond donors (Lipinski definition) is 2. The minimum Gasteiger partial charge on any atom is -0.383 e. The highest BCUT2D eigenvalue weighted by atomic mass is 16.5. The smallest absolute Gasteiger partial charge is 0.256 e. The highest BCUT2D eigenvalue weighted by Gasteiger charge is 2.21. The zero-order valence-corrected chi connectivity index (χ0v) is 8.75. The fourth-order valence-electron chi connectivity index (χ4n) is 1.82. The Hall–Kier alpha value is -1.36. The first kappa shape index (κ1) is 10.2. The van der Waals surface area contributed by atoms with Crippen LogP contribution in [0.1, 0.15) is 30.7 Å². The van der Waals surface area contributed by atoms with Crippen molar-refractivity contribution in [3.8, 4) is 0 Å². The number of nitrogens with one attached hydrogen (secondary N) is 1. The molecular weight excluding hydrogens is 194 g/mol. The Morgan fingerprint density at radius 2 is 2.47 bits per heavy atom.